The van der Waals surface area contributed by atoms with Crippen molar-refractivity contribution in [3.8, 4) is 0 Å². The van der Waals surface area contributed by atoms with Crippen molar-refractivity contribution in [1.82, 2.24) is 29.9 Å². The van der Waals surface area contributed by atoms with Gasteiger partial charge in [-0.25, -0.2) is 29.3 Å². The molecule has 4 aliphatic heterocycles. The summed E-state index contributed by atoms with van der Waals surface area (Å²) in [5.41, 5.74) is 2.44. The fourth-order valence-corrected chi connectivity index (χ4v) is 5.80. The zero-order chi connectivity index (χ0) is 35.5. The first kappa shape index (κ1) is 34.8. The molecule has 4 aromatic rings. The highest BCUT2D eigenvalue weighted by molar-refractivity contribution is 6.04. The van der Waals surface area contributed by atoms with Gasteiger partial charge in [0, 0.05) is 69.4 Å². The second kappa shape index (κ2) is 16.5. The second-order valence-electron chi connectivity index (χ2n) is 10.9. The standard InChI is InChI=1S/C16H16N6O3.C11H13N3O2.C4H4N2.CO2/c1-25-15(23)11-2-3-12-14(19-11)22(10-4-7-21(12)9-10)16(24)20-13-8-17-5-6-18-13;1-16-11(15)8-2-3-9-10(13-8)12-7-4-5-14(9)6-7;1-2-6-4-3-5-1;2-1-3/h2-3,5-6,8,10H,4,7,9H2,1H3,(H,18,20,24);2-3,7H,4-6H2,1H3,(H,12,13);1-4H;/t10-;7-;;/m00../s1. The molecule has 8 rings (SSSR count). The molecule has 4 bridgehead atoms. The first-order chi connectivity index (χ1) is 24.4. The smallest absolute Gasteiger partial charge is 0.373 e. The number of nitrogens with zero attached hydrogens (tertiary/aromatic N) is 9. The topological polar surface area (TPSA) is 215 Å². The molecular formula is C32H33N11O7. The Labute approximate surface area is 285 Å². The molecule has 2 N–H and O–H groups in total. The summed E-state index contributed by atoms with van der Waals surface area (Å²) in [5, 5.41) is 6.08. The molecule has 0 aliphatic carbocycles. The molecule has 18 nitrogen and oxygen atoms in total. The van der Waals surface area contributed by atoms with Crippen LogP contribution >= 0.6 is 0 Å². The number of hydrogen-bond donors (Lipinski definition) is 2. The van der Waals surface area contributed by atoms with Crippen LogP contribution in [0.25, 0.3) is 0 Å². The summed E-state index contributed by atoms with van der Waals surface area (Å²) < 4.78 is 9.39. The van der Waals surface area contributed by atoms with E-state index in [1.54, 1.807) is 47.9 Å². The molecular weight excluding hydrogens is 650 g/mol. The van der Waals surface area contributed by atoms with E-state index >= 15 is 0 Å². The maximum atomic E-state index is 12.8. The van der Waals surface area contributed by atoms with Gasteiger partial charge in [-0.2, -0.15) is 9.59 Å². The normalized spacial score (nSPS) is 16.9. The summed E-state index contributed by atoms with van der Waals surface area (Å²) in [4.78, 5) is 82.4. The summed E-state index contributed by atoms with van der Waals surface area (Å²) in [6.07, 6.45) is 13.3. The van der Waals surface area contributed by atoms with E-state index in [-0.39, 0.29) is 23.9 Å². The molecule has 0 aromatic carbocycles. The molecule has 4 aromatic heterocycles. The van der Waals surface area contributed by atoms with Gasteiger partial charge in [-0.1, -0.05) is 0 Å². The fraction of sp³-hybridized carbons (Fsp3) is 0.312. The van der Waals surface area contributed by atoms with Crippen LogP contribution in [-0.2, 0) is 19.1 Å². The molecule has 18 heteroatoms. The monoisotopic (exact) mass is 683 g/mol. The summed E-state index contributed by atoms with van der Waals surface area (Å²) >= 11 is 0. The van der Waals surface area contributed by atoms with Crippen molar-refractivity contribution in [2.24, 2.45) is 0 Å². The summed E-state index contributed by atoms with van der Waals surface area (Å²) in [6.45, 7) is 3.67. The van der Waals surface area contributed by atoms with Crippen molar-refractivity contribution in [1.29, 1.82) is 0 Å². The molecule has 8 heterocycles. The van der Waals surface area contributed by atoms with E-state index < -0.39 is 11.9 Å². The van der Waals surface area contributed by atoms with Gasteiger partial charge >= 0.3 is 24.1 Å². The SMILES string of the molecule is COC(=O)c1ccc2c(n1)N(C(=O)Nc1cnccn1)[C@H]1CCN2C1.COC(=O)c1ccc2c(n1)N[C@H]1CCN2C1.O=C=O.c1cnccn1. The number of ether oxygens (including phenoxy) is 2. The van der Waals surface area contributed by atoms with Crippen LogP contribution in [0.1, 0.15) is 33.8 Å². The van der Waals surface area contributed by atoms with Gasteiger partial charge in [-0.05, 0) is 37.1 Å². The van der Waals surface area contributed by atoms with Crippen LogP contribution in [0.3, 0.4) is 0 Å². The third-order valence-corrected chi connectivity index (χ3v) is 7.98. The van der Waals surface area contributed by atoms with Crippen molar-refractivity contribution in [3.63, 3.8) is 0 Å². The minimum Gasteiger partial charge on any atom is -0.464 e. The van der Waals surface area contributed by atoms with Crippen LogP contribution in [-0.4, -0.2) is 107 Å². The van der Waals surface area contributed by atoms with E-state index in [0.717, 1.165) is 56.2 Å². The first-order valence-corrected chi connectivity index (χ1v) is 15.4. The lowest BCUT2D eigenvalue weighted by Crippen LogP contribution is -2.48. The largest absolute Gasteiger partial charge is 0.464 e. The molecule has 2 amide bonds. The van der Waals surface area contributed by atoms with Crippen LogP contribution in [0.5, 0.6) is 0 Å². The van der Waals surface area contributed by atoms with Gasteiger partial charge in [0.15, 0.2) is 28.8 Å². The van der Waals surface area contributed by atoms with Crippen molar-refractivity contribution >= 4 is 52.9 Å². The third-order valence-electron chi connectivity index (χ3n) is 7.98. The average Bonchev–Trinajstić information content (AvgIpc) is 3.76. The molecule has 0 spiro atoms. The fourth-order valence-electron chi connectivity index (χ4n) is 5.80. The van der Waals surface area contributed by atoms with Gasteiger partial charge in [-0.15, -0.1) is 0 Å². The molecule has 0 unspecified atom stereocenters. The lowest BCUT2D eigenvalue weighted by Gasteiger charge is -2.35. The van der Waals surface area contributed by atoms with E-state index in [9.17, 15) is 14.4 Å². The minimum absolute atomic E-state index is 0.00966. The number of anilines is 5. The van der Waals surface area contributed by atoms with Crippen LogP contribution in [0.2, 0.25) is 0 Å². The maximum absolute atomic E-state index is 12.8. The van der Waals surface area contributed by atoms with Crippen molar-refractivity contribution in [3.05, 3.63) is 79.0 Å². The highest BCUT2D eigenvalue weighted by Gasteiger charge is 2.40. The van der Waals surface area contributed by atoms with E-state index in [1.807, 2.05) is 6.07 Å². The van der Waals surface area contributed by atoms with E-state index in [4.69, 9.17) is 14.3 Å². The predicted molar refractivity (Wildman–Crippen MR) is 177 cm³/mol. The molecule has 0 saturated carbocycles. The van der Waals surface area contributed by atoms with E-state index in [2.05, 4.69) is 55.1 Å². The number of amides is 2. The zero-order valence-corrected chi connectivity index (χ0v) is 27.1. The van der Waals surface area contributed by atoms with Gasteiger partial charge in [0.1, 0.15) is 0 Å². The Morgan fingerprint density at radius 1 is 0.800 bits per heavy atom. The highest BCUT2D eigenvalue weighted by atomic mass is 16.5. The Kier molecular flexibility index (Phi) is 11.5. The number of nitrogens with one attached hydrogen (secondary N) is 2. The Morgan fingerprint density at radius 2 is 1.40 bits per heavy atom. The number of fused-ring (bicyclic) bond motifs is 8. The number of pyridine rings is 2. The molecule has 258 valence electrons. The summed E-state index contributed by atoms with van der Waals surface area (Å²) in [6, 6.07) is 7.18. The van der Waals surface area contributed by atoms with Crippen molar-refractivity contribution in [2.75, 3.05) is 65.7 Å². The number of carbonyl (C=O) groups excluding carboxylic acids is 5. The van der Waals surface area contributed by atoms with Crippen LogP contribution in [0.4, 0.5) is 33.6 Å². The Bertz CT molecular complexity index is 1800. The predicted octanol–water partition coefficient (Wildman–Crippen LogP) is 2.05. The zero-order valence-electron chi connectivity index (χ0n) is 27.1. The van der Waals surface area contributed by atoms with Gasteiger partial charge in [0.25, 0.3) is 0 Å². The van der Waals surface area contributed by atoms with Gasteiger partial charge in [-0.3, -0.25) is 25.2 Å². The average molecular weight is 684 g/mol. The number of aromatic nitrogens is 6. The highest BCUT2D eigenvalue weighted by Crippen LogP contribution is 2.39. The molecule has 2 saturated heterocycles. The quantitative estimate of drug-likeness (QED) is 0.296. The Balaban J connectivity index is 0.000000165. The Morgan fingerprint density at radius 3 is 2.02 bits per heavy atom. The van der Waals surface area contributed by atoms with E-state index in [0.29, 0.717) is 23.4 Å². The van der Waals surface area contributed by atoms with Crippen LogP contribution < -0.4 is 25.3 Å². The molecule has 0 radical (unpaired) electrons. The summed E-state index contributed by atoms with van der Waals surface area (Å²) in [7, 11) is 2.67. The number of carbonyl (C=O) groups is 3. The second-order valence-corrected chi connectivity index (χ2v) is 10.9. The first-order valence-electron chi connectivity index (χ1n) is 15.4. The molecule has 4 aliphatic rings. The Hall–Kier alpha value is -6.55. The molecule has 2 fully saturated rings. The van der Waals surface area contributed by atoms with Gasteiger partial charge in [0.05, 0.1) is 37.8 Å². The minimum atomic E-state index is -0.537. The van der Waals surface area contributed by atoms with Gasteiger partial charge in [0.2, 0.25) is 0 Å². The van der Waals surface area contributed by atoms with Crippen molar-refractivity contribution < 1.29 is 33.4 Å². The molecule has 50 heavy (non-hydrogen) atoms. The van der Waals surface area contributed by atoms with Gasteiger partial charge < -0.3 is 24.6 Å². The van der Waals surface area contributed by atoms with E-state index in [1.165, 1.54) is 32.8 Å². The van der Waals surface area contributed by atoms with Crippen molar-refractivity contribution in [2.45, 2.75) is 24.9 Å². The summed E-state index contributed by atoms with van der Waals surface area (Å²) in [5.74, 6) is 0.691. The number of urea groups is 1. The third kappa shape index (κ3) is 8.11. The number of esters is 2. The maximum Gasteiger partial charge on any atom is 0.373 e. The lowest BCUT2D eigenvalue weighted by atomic mass is 10.2. The molecule has 2 atom stereocenters. The number of rotatable bonds is 3. The number of hydrogen-bond acceptors (Lipinski definition) is 16. The number of methoxy groups -OCH3 is 2. The van der Waals surface area contributed by atoms with Crippen LogP contribution in [0, 0.1) is 0 Å². The van der Waals surface area contributed by atoms with Crippen LogP contribution in [0.15, 0.2) is 67.6 Å². The lowest BCUT2D eigenvalue weighted by molar-refractivity contribution is -0.191.